The average molecular weight is 343 g/mol. The average Bonchev–Trinajstić information content (AvgIpc) is 2.67. The van der Waals surface area contributed by atoms with Gasteiger partial charge in [-0.25, -0.2) is 9.97 Å². The fourth-order valence-electron chi connectivity index (χ4n) is 2.51. The number of aromatic nitrogens is 2. The van der Waals surface area contributed by atoms with Crippen molar-refractivity contribution in [3.63, 3.8) is 0 Å². The van der Waals surface area contributed by atoms with E-state index in [0.29, 0.717) is 22.9 Å². The van der Waals surface area contributed by atoms with Crippen molar-refractivity contribution in [2.24, 2.45) is 0 Å². The summed E-state index contributed by atoms with van der Waals surface area (Å²) >= 11 is 0. The van der Waals surface area contributed by atoms with E-state index in [-0.39, 0.29) is 11.6 Å². The van der Waals surface area contributed by atoms with Crippen LogP contribution < -0.4 is 10.2 Å². The SMILES string of the molecule is Cc1nc(Nc2ccccc2C#N)cc(C(=O)N(C)c2ccccc2)n1. The maximum atomic E-state index is 12.8. The van der Waals surface area contributed by atoms with Crippen molar-refractivity contribution in [3.05, 3.63) is 77.7 Å². The molecule has 1 heterocycles. The van der Waals surface area contributed by atoms with Gasteiger partial charge in [-0.3, -0.25) is 4.79 Å². The third-order valence-corrected chi connectivity index (χ3v) is 3.82. The van der Waals surface area contributed by atoms with Crippen LogP contribution in [-0.2, 0) is 0 Å². The first kappa shape index (κ1) is 17.1. The lowest BCUT2D eigenvalue weighted by atomic mass is 10.2. The topological polar surface area (TPSA) is 81.9 Å². The number of nitriles is 1. The van der Waals surface area contributed by atoms with Crippen LogP contribution in [0.15, 0.2) is 60.7 Å². The van der Waals surface area contributed by atoms with Crippen LogP contribution in [0.5, 0.6) is 0 Å². The van der Waals surface area contributed by atoms with Gasteiger partial charge in [-0.1, -0.05) is 30.3 Å². The van der Waals surface area contributed by atoms with Gasteiger partial charge < -0.3 is 10.2 Å². The van der Waals surface area contributed by atoms with Gasteiger partial charge in [0.1, 0.15) is 23.4 Å². The molecule has 0 atom stereocenters. The van der Waals surface area contributed by atoms with Crippen LogP contribution in [-0.4, -0.2) is 22.9 Å². The highest BCUT2D eigenvalue weighted by molar-refractivity contribution is 6.04. The van der Waals surface area contributed by atoms with Crippen molar-refractivity contribution in [3.8, 4) is 6.07 Å². The van der Waals surface area contributed by atoms with Gasteiger partial charge in [0.05, 0.1) is 11.3 Å². The zero-order valence-corrected chi connectivity index (χ0v) is 14.5. The number of nitrogens with zero attached hydrogens (tertiary/aromatic N) is 4. The molecule has 0 radical (unpaired) electrons. The summed E-state index contributed by atoms with van der Waals surface area (Å²) in [6, 6.07) is 20.2. The summed E-state index contributed by atoms with van der Waals surface area (Å²) in [5.74, 6) is 0.692. The first-order valence-corrected chi connectivity index (χ1v) is 8.03. The van der Waals surface area contributed by atoms with Gasteiger partial charge in [-0.2, -0.15) is 5.26 Å². The number of carbonyl (C=O) groups is 1. The van der Waals surface area contributed by atoms with Gasteiger partial charge in [0.2, 0.25) is 0 Å². The molecule has 26 heavy (non-hydrogen) atoms. The quantitative estimate of drug-likeness (QED) is 0.781. The van der Waals surface area contributed by atoms with Gasteiger partial charge >= 0.3 is 0 Å². The molecule has 3 rings (SSSR count). The van der Waals surface area contributed by atoms with Gasteiger partial charge in [-0.15, -0.1) is 0 Å². The zero-order valence-electron chi connectivity index (χ0n) is 14.5. The molecular weight excluding hydrogens is 326 g/mol. The Morgan fingerprint density at radius 2 is 1.77 bits per heavy atom. The van der Waals surface area contributed by atoms with E-state index in [1.165, 1.54) is 4.90 Å². The van der Waals surface area contributed by atoms with Crippen molar-refractivity contribution < 1.29 is 4.79 Å². The number of nitrogens with one attached hydrogen (secondary N) is 1. The number of hydrogen-bond acceptors (Lipinski definition) is 5. The second-order valence-corrected chi connectivity index (χ2v) is 5.67. The van der Waals surface area contributed by atoms with Crippen molar-refractivity contribution in [1.29, 1.82) is 5.26 Å². The van der Waals surface area contributed by atoms with Crippen LogP contribution in [0.4, 0.5) is 17.2 Å². The number of rotatable bonds is 4. The summed E-state index contributed by atoms with van der Waals surface area (Å²) in [4.78, 5) is 22.9. The minimum atomic E-state index is -0.238. The standard InChI is InChI=1S/C20H17N5O/c1-14-22-18(20(26)25(2)16-9-4-3-5-10-16)12-19(23-14)24-17-11-7-6-8-15(17)13-21/h3-12H,1-2H3,(H,22,23,24). The van der Waals surface area contributed by atoms with Crippen LogP contribution in [0.25, 0.3) is 0 Å². The number of carbonyl (C=O) groups excluding carboxylic acids is 1. The molecule has 0 saturated carbocycles. The molecule has 0 fully saturated rings. The molecule has 6 nitrogen and oxygen atoms in total. The highest BCUT2D eigenvalue weighted by atomic mass is 16.2. The Hall–Kier alpha value is -3.72. The van der Waals surface area contributed by atoms with Crippen molar-refractivity contribution in [2.45, 2.75) is 6.92 Å². The predicted octanol–water partition coefficient (Wildman–Crippen LogP) is 3.68. The Bertz CT molecular complexity index is 979. The molecule has 3 aromatic rings. The monoisotopic (exact) mass is 343 g/mol. The van der Waals surface area contributed by atoms with E-state index in [4.69, 9.17) is 0 Å². The summed E-state index contributed by atoms with van der Waals surface area (Å²) in [5, 5.41) is 12.3. The molecule has 0 unspecified atom stereocenters. The number of benzene rings is 2. The summed E-state index contributed by atoms with van der Waals surface area (Å²) in [6.45, 7) is 1.72. The van der Waals surface area contributed by atoms with Crippen molar-refractivity contribution in [2.75, 3.05) is 17.3 Å². The molecule has 0 bridgehead atoms. The van der Waals surface area contributed by atoms with E-state index in [1.54, 1.807) is 38.2 Å². The Morgan fingerprint density at radius 3 is 2.50 bits per heavy atom. The van der Waals surface area contributed by atoms with Gasteiger partial charge in [0, 0.05) is 18.8 Å². The van der Waals surface area contributed by atoms with Crippen LogP contribution in [0.2, 0.25) is 0 Å². The Balaban J connectivity index is 1.90. The van der Waals surface area contributed by atoms with Gasteiger partial charge in [0.25, 0.3) is 5.91 Å². The molecule has 0 aliphatic rings. The second-order valence-electron chi connectivity index (χ2n) is 5.67. The Labute approximate surface area is 151 Å². The maximum Gasteiger partial charge on any atom is 0.276 e. The molecule has 2 aromatic carbocycles. The van der Waals surface area contributed by atoms with Crippen LogP contribution >= 0.6 is 0 Å². The van der Waals surface area contributed by atoms with Gasteiger partial charge in [0.15, 0.2) is 0 Å². The molecule has 128 valence electrons. The predicted molar refractivity (Wildman–Crippen MR) is 100 cm³/mol. The summed E-state index contributed by atoms with van der Waals surface area (Å²) in [7, 11) is 1.70. The number of anilines is 3. The van der Waals surface area contributed by atoms with Crippen LogP contribution in [0.3, 0.4) is 0 Å². The molecular formula is C20H17N5O. The highest BCUT2D eigenvalue weighted by Gasteiger charge is 2.17. The third-order valence-electron chi connectivity index (χ3n) is 3.82. The lowest BCUT2D eigenvalue weighted by Gasteiger charge is -2.17. The van der Waals surface area contributed by atoms with E-state index >= 15 is 0 Å². The second kappa shape index (κ2) is 7.45. The number of aryl methyl sites for hydroxylation is 1. The molecule has 0 aliphatic carbocycles. The molecule has 1 N–H and O–H groups in total. The van der Waals surface area contributed by atoms with Crippen LogP contribution in [0, 0.1) is 18.3 Å². The lowest BCUT2D eigenvalue weighted by molar-refractivity contribution is 0.0988. The molecule has 0 aliphatic heterocycles. The van der Waals surface area contributed by atoms with E-state index in [2.05, 4.69) is 21.4 Å². The summed E-state index contributed by atoms with van der Waals surface area (Å²) in [6.07, 6.45) is 0. The smallest absolute Gasteiger partial charge is 0.276 e. The van der Waals surface area contributed by atoms with Crippen molar-refractivity contribution in [1.82, 2.24) is 9.97 Å². The highest BCUT2D eigenvalue weighted by Crippen LogP contribution is 2.21. The maximum absolute atomic E-state index is 12.8. The fourth-order valence-corrected chi connectivity index (χ4v) is 2.51. The number of para-hydroxylation sites is 2. The number of amides is 1. The molecule has 0 spiro atoms. The molecule has 0 saturated heterocycles. The lowest BCUT2D eigenvalue weighted by Crippen LogP contribution is -2.27. The molecule has 6 heteroatoms. The Kier molecular flexibility index (Phi) is 4.90. The normalized spacial score (nSPS) is 10.0. The summed E-state index contributed by atoms with van der Waals surface area (Å²) in [5.41, 5.74) is 2.18. The summed E-state index contributed by atoms with van der Waals surface area (Å²) < 4.78 is 0. The minimum absolute atomic E-state index is 0.238. The molecule has 1 aromatic heterocycles. The first-order chi connectivity index (χ1) is 12.6. The molecule has 1 amide bonds. The minimum Gasteiger partial charge on any atom is -0.339 e. The first-order valence-electron chi connectivity index (χ1n) is 8.03. The number of hydrogen-bond donors (Lipinski definition) is 1. The fraction of sp³-hybridized carbons (Fsp3) is 0.100. The largest absolute Gasteiger partial charge is 0.339 e. The Morgan fingerprint density at radius 1 is 1.08 bits per heavy atom. The van der Waals surface area contributed by atoms with Crippen molar-refractivity contribution >= 4 is 23.1 Å². The van der Waals surface area contributed by atoms with Gasteiger partial charge in [-0.05, 0) is 31.2 Å². The van der Waals surface area contributed by atoms with E-state index in [0.717, 1.165) is 5.69 Å². The third kappa shape index (κ3) is 3.68. The van der Waals surface area contributed by atoms with E-state index < -0.39 is 0 Å². The van der Waals surface area contributed by atoms with E-state index in [9.17, 15) is 10.1 Å². The zero-order chi connectivity index (χ0) is 18.5. The van der Waals surface area contributed by atoms with Crippen LogP contribution in [0.1, 0.15) is 21.9 Å². The van der Waals surface area contributed by atoms with E-state index in [1.807, 2.05) is 36.4 Å².